The van der Waals surface area contributed by atoms with Crippen molar-refractivity contribution in [2.45, 2.75) is 44.1 Å². The van der Waals surface area contributed by atoms with Crippen molar-refractivity contribution in [3.05, 3.63) is 18.6 Å². The Kier molecular flexibility index (Phi) is 3.50. The van der Waals surface area contributed by atoms with Crippen LogP contribution in [0.4, 0.5) is 5.82 Å². The van der Waals surface area contributed by atoms with Crippen LogP contribution >= 0.6 is 0 Å². The van der Waals surface area contributed by atoms with Crippen molar-refractivity contribution in [3.8, 4) is 0 Å². The first-order chi connectivity index (χ1) is 12.6. The number of anilines is 1. The number of aromatic amines is 1. The van der Waals surface area contributed by atoms with Gasteiger partial charge < -0.3 is 20.3 Å². The number of carbonyl (C=O) groups excluding carboxylic acids is 1. The summed E-state index contributed by atoms with van der Waals surface area (Å²) in [7, 11) is 0. The topological polar surface area (TPSA) is 94.1 Å². The van der Waals surface area contributed by atoms with Crippen molar-refractivity contribution >= 4 is 22.8 Å². The van der Waals surface area contributed by atoms with E-state index in [0.717, 1.165) is 68.5 Å². The minimum atomic E-state index is -0.659. The predicted octanol–water partition coefficient (Wildman–Crippen LogP) is 1.60. The summed E-state index contributed by atoms with van der Waals surface area (Å²) in [6.07, 6.45) is 9.17. The van der Waals surface area contributed by atoms with E-state index in [0.29, 0.717) is 6.54 Å². The summed E-state index contributed by atoms with van der Waals surface area (Å²) in [4.78, 5) is 27.0. The molecule has 0 bridgehead atoms. The Morgan fingerprint density at radius 2 is 2.19 bits per heavy atom. The molecule has 138 valence electrons. The van der Waals surface area contributed by atoms with Gasteiger partial charge in [0.25, 0.3) is 0 Å². The summed E-state index contributed by atoms with van der Waals surface area (Å²) in [6, 6.07) is 2.02. The largest absolute Gasteiger partial charge is 0.388 e. The maximum Gasteiger partial charge on any atom is 0.223 e. The number of aliphatic hydroxyl groups is 1. The number of hydrogen-bond acceptors (Lipinski definition) is 5. The summed E-state index contributed by atoms with van der Waals surface area (Å²) in [5.41, 5.74) is 0.264. The summed E-state index contributed by atoms with van der Waals surface area (Å²) >= 11 is 0. The number of aromatic nitrogens is 3. The molecule has 3 N–H and O–H groups in total. The third-order valence-corrected chi connectivity index (χ3v) is 6.65. The molecule has 26 heavy (non-hydrogen) atoms. The number of nitrogens with zero attached hydrogens (tertiary/aromatic N) is 3. The van der Waals surface area contributed by atoms with Crippen LogP contribution in [0.25, 0.3) is 11.0 Å². The fraction of sp³-hybridized carbons (Fsp3) is 0.632. The first-order valence-electron chi connectivity index (χ1n) is 9.62. The van der Waals surface area contributed by atoms with Gasteiger partial charge in [-0.15, -0.1) is 0 Å². The highest BCUT2D eigenvalue weighted by molar-refractivity contribution is 5.87. The van der Waals surface area contributed by atoms with E-state index in [1.165, 1.54) is 0 Å². The number of piperidine rings is 1. The average Bonchev–Trinajstić information content (AvgIpc) is 3.20. The van der Waals surface area contributed by atoms with E-state index in [1.807, 2.05) is 12.3 Å². The van der Waals surface area contributed by atoms with E-state index in [2.05, 4.69) is 25.2 Å². The molecule has 0 unspecified atom stereocenters. The second kappa shape index (κ2) is 5.67. The quantitative estimate of drug-likeness (QED) is 0.774. The third kappa shape index (κ3) is 2.57. The Morgan fingerprint density at radius 3 is 2.92 bits per heavy atom. The van der Waals surface area contributed by atoms with Gasteiger partial charge >= 0.3 is 0 Å². The van der Waals surface area contributed by atoms with E-state index >= 15 is 0 Å². The van der Waals surface area contributed by atoms with Crippen LogP contribution in [0, 0.1) is 11.3 Å². The Labute approximate surface area is 152 Å². The van der Waals surface area contributed by atoms with Gasteiger partial charge in [0.2, 0.25) is 5.91 Å². The Balaban J connectivity index is 1.30. The minimum Gasteiger partial charge on any atom is -0.388 e. The highest BCUT2D eigenvalue weighted by Crippen LogP contribution is 2.56. The van der Waals surface area contributed by atoms with Crippen LogP contribution in [0.2, 0.25) is 0 Å². The lowest BCUT2D eigenvalue weighted by Gasteiger charge is -2.40. The summed E-state index contributed by atoms with van der Waals surface area (Å²) in [5, 5.41) is 14.3. The number of H-pyrrole nitrogens is 1. The smallest absolute Gasteiger partial charge is 0.223 e. The zero-order chi connectivity index (χ0) is 17.8. The lowest BCUT2D eigenvalue weighted by Crippen LogP contribution is -2.52. The summed E-state index contributed by atoms with van der Waals surface area (Å²) < 4.78 is 0. The molecule has 2 saturated carbocycles. The van der Waals surface area contributed by atoms with Crippen LogP contribution in [0.5, 0.6) is 0 Å². The summed E-state index contributed by atoms with van der Waals surface area (Å²) in [5.74, 6) is 1.13. The molecular formula is C19H25N5O2. The maximum absolute atomic E-state index is 12.8. The standard InChI is InChI=1S/C19H25N5O2/c25-17(21-10-19(26)4-1-5-19)14-3-9-24(11-18(14)6-7-18)16-13-2-8-20-15(13)22-12-23-16/h2,8,12,14,26H,1,3-7,9-11H2,(H,21,25)(H,20,22,23)/t14-/m1/s1. The number of fused-ring (bicyclic) bond motifs is 1. The van der Waals surface area contributed by atoms with Gasteiger partial charge in [0.15, 0.2) is 0 Å². The molecule has 3 aliphatic rings. The van der Waals surface area contributed by atoms with E-state index in [9.17, 15) is 9.90 Å². The van der Waals surface area contributed by atoms with Crippen LogP contribution in [-0.4, -0.2) is 51.2 Å². The minimum absolute atomic E-state index is 0.0472. The first kappa shape index (κ1) is 16.1. The van der Waals surface area contributed by atoms with Gasteiger partial charge in [-0.25, -0.2) is 9.97 Å². The molecule has 1 amide bonds. The van der Waals surface area contributed by atoms with Crippen molar-refractivity contribution in [2.75, 3.05) is 24.5 Å². The fourth-order valence-corrected chi connectivity index (χ4v) is 4.66. The van der Waals surface area contributed by atoms with Gasteiger partial charge in [-0.1, -0.05) is 0 Å². The molecule has 1 saturated heterocycles. The number of rotatable bonds is 4. The van der Waals surface area contributed by atoms with Crippen molar-refractivity contribution in [1.29, 1.82) is 0 Å². The molecule has 5 rings (SSSR count). The molecule has 2 aliphatic carbocycles. The van der Waals surface area contributed by atoms with Gasteiger partial charge in [0.05, 0.1) is 11.0 Å². The SMILES string of the molecule is O=C(NCC1(O)CCC1)[C@H]1CCN(c2ncnc3[nH]ccc23)CC12CC2. The molecule has 1 atom stereocenters. The Hall–Kier alpha value is -2.15. The highest BCUT2D eigenvalue weighted by Gasteiger charge is 2.55. The number of nitrogens with one attached hydrogen (secondary N) is 2. The average molecular weight is 355 g/mol. The lowest BCUT2D eigenvalue weighted by molar-refractivity contribution is -0.130. The second-order valence-electron chi connectivity index (χ2n) is 8.36. The normalized spacial score (nSPS) is 25.9. The van der Waals surface area contributed by atoms with Gasteiger partial charge in [0, 0.05) is 31.7 Å². The Bertz CT molecular complexity index is 839. The molecule has 1 aliphatic heterocycles. The molecule has 3 heterocycles. The van der Waals surface area contributed by atoms with E-state index in [4.69, 9.17) is 0 Å². The highest BCUT2D eigenvalue weighted by atomic mass is 16.3. The first-order valence-corrected chi connectivity index (χ1v) is 9.62. The van der Waals surface area contributed by atoms with Crippen molar-refractivity contribution in [3.63, 3.8) is 0 Å². The van der Waals surface area contributed by atoms with E-state index in [1.54, 1.807) is 6.33 Å². The van der Waals surface area contributed by atoms with E-state index < -0.39 is 5.60 Å². The summed E-state index contributed by atoms with van der Waals surface area (Å²) in [6.45, 7) is 2.09. The van der Waals surface area contributed by atoms with Crippen LogP contribution in [0.1, 0.15) is 38.5 Å². The molecule has 1 spiro atoms. The fourth-order valence-electron chi connectivity index (χ4n) is 4.66. The molecule has 0 radical (unpaired) electrons. The monoisotopic (exact) mass is 355 g/mol. The molecule has 7 heteroatoms. The molecule has 3 fully saturated rings. The molecule has 0 aromatic carbocycles. The third-order valence-electron chi connectivity index (χ3n) is 6.65. The molecule has 7 nitrogen and oxygen atoms in total. The zero-order valence-electron chi connectivity index (χ0n) is 14.9. The van der Waals surface area contributed by atoms with Gasteiger partial charge in [0.1, 0.15) is 17.8 Å². The number of amides is 1. The van der Waals surface area contributed by atoms with Crippen molar-refractivity contribution in [1.82, 2.24) is 20.3 Å². The lowest BCUT2D eigenvalue weighted by atomic mass is 9.79. The maximum atomic E-state index is 12.8. The zero-order valence-corrected chi connectivity index (χ0v) is 14.9. The Morgan fingerprint density at radius 1 is 1.35 bits per heavy atom. The molecule has 2 aromatic rings. The van der Waals surface area contributed by atoms with Crippen molar-refractivity contribution < 1.29 is 9.90 Å². The second-order valence-corrected chi connectivity index (χ2v) is 8.36. The van der Waals surface area contributed by atoms with E-state index in [-0.39, 0.29) is 17.2 Å². The van der Waals surface area contributed by atoms with Crippen molar-refractivity contribution in [2.24, 2.45) is 11.3 Å². The van der Waals surface area contributed by atoms with Crippen LogP contribution in [0.15, 0.2) is 18.6 Å². The van der Waals surface area contributed by atoms with Crippen LogP contribution < -0.4 is 10.2 Å². The van der Waals surface area contributed by atoms with Crippen LogP contribution in [0.3, 0.4) is 0 Å². The van der Waals surface area contributed by atoms with Gasteiger partial charge in [-0.2, -0.15) is 0 Å². The predicted molar refractivity (Wildman–Crippen MR) is 97.7 cm³/mol. The van der Waals surface area contributed by atoms with Gasteiger partial charge in [-0.3, -0.25) is 4.79 Å². The van der Waals surface area contributed by atoms with Gasteiger partial charge in [-0.05, 0) is 50.0 Å². The molecule has 2 aromatic heterocycles. The molecular weight excluding hydrogens is 330 g/mol. The number of hydrogen-bond donors (Lipinski definition) is 3. The number of carbonyl (C=O) groups is 1. The van der Waals surface area contributed by atoms with Crippen LogP contribution in [-0.2, 0) is 4.79 Å².